The van der Waals surface area contributed by atoms with Gasteiger partial charge in [0, 0.05) is 40.6 Å². The highest BCUT2D eigenvalue weighted by Gasteiger charge is 2.25. The first kappa shape index (κ1) is 18.8. The van der Waals surface area contributed by atoms with Crippen molar-refractivity contribution in [2.45, 2.75) is 25.0 Å². The maximum atomic E-state index is 11.7. The quantitative estimate of drug-likeness (QED) is 0.245. The highest BCUT2D eigenvalue weighted by Crippen LogP contribution is 2.21. The molecule has 0 aliphatic rings. The number of hydrogen-bond acceptors (Lipinski definition) is 4. The molecule has 0 amide bonds. The fourth-order valence-corrected chi connectivity index (χ4v) is 3.55. The van der Waals surface area contributed by atoms with Crippen molar-refractivity contribution in [2.24, 2.45) is 5.73 Å². The topological polar surface area (TPSA) is 128 Å². The molecule has 148 valence electrons. The van der Waals surface area contributed by atoms with Crippen molar-refractivity contribution in [3.05, 3.63) is 72.1 Å². The second-order valence-corrected chi connectivity index (χ2v) is 7.04. The van der Waals surface area contributed by atoms with Crippen LogP contribution in [0.15, 0.2) is 60.9 Å². The van der Waals surface area contributed by atoms with Crippen LogP contribution in [0.4, 0.5) is 0 Å². The van der Waals surface area contributed by atoms with Gasteiger partial charge >= 0.3 is 5.97 Å². The molecule has 0 unspecified atom stereocenters. The van der Waals surface area contributed by atoms with Gasteiger partial charge in [-0.25, -0.2) is 4.79 Å². The lowest BCUT2D eigenvalue weighted by Gasteiger charge is -2.19. The number of carbonyl (C=O) groups is 1. The maximum absolute atomic E-state index is 11.7. The molecule has 0 radical (unpaired) electrons. The van der Waals surface area contributed by atoms with Crippen LogP contribution in [0, 0.1) is 5.41 Å². The molecule has 29 heavy (non-hydrogen) atoms. The number of para-hydroxylation sites is 2. The molecule has 2 atom stereocenters. The number of carboxylic acid groups (broad SMARTS) is 1. The Morgan fingerprint density at radius 2 is 1.48 bits per heavy atom. The number of hydrogen-bond donors (Lipinski definition) is 5. The van der Waals surface area contributed by atoms with Crippen LogP contribution in [0.25, 0.3) is 21.8 Å². The smallest absolute Gasteiger partial charge is 0.345 e. The molecule has 0 aliphatic carbocycles. The van der Waals surface area contributed by atoms with Gasteiger partial charge in [-0.15, -0.1) is 0 Å². The fourth-order valence-electron chi connectivity index (χ4n) is 3.55. The second kappa shape index (κ2) is 7.81. The van der Waals surface area contributed by atoms with Gasteiger partial charge in [-0.2, -0.15) is 0 Å². The average Bonchev–Trinajstić information content (AvgIpc) is 3.32. The first-order valence-electron chi connectivity index (χ1n) is 9.36. The van der Waals surface area contributed by atoms with Crippen LogP contribution in [-0.4, -0.2) is 39.1 Å². The molecule has 6 N–H and O–H groups in total. The number of carboxylic acids is 1. The highest BCUT2D eigenvalue weighted by molar-refractivity contribution is 5.87. The van der Waals surface area contributed by atoms with Gasteiger partial charge in [-0.1, -0.05) is 36.4 Å². The summed E-state index contributed by atoms with van der Waals surface area (Å²) < 4.78 is 5.49. The minimum atomic E-state index is -1.18. The van der Waals surface area contributed by atoms with E-state index in [1.807, 2.05) is 54.7 Å². The van der Waals surface area contributed by atoms with Crippen LogP contribution >= 0.6 is 0 Å². The minimum Gasteiger partial charge on any atom is -0.478 e. The van der Waals surface area contributed by atoms with E-state index < -0.39 is 18.1 Å². The monoisotopic (exact) mass is 390 g/mol. The summed E-state index contributed by atoms with van der Waals surface area (Å²) in [5, 5.41) is 19.8. The normalized spacial score (nSPS) is 13.4. The van der Waals surface area contributed by atoms with E-state index in [0.29, 0.717) is 6.42 Å². The van der Waals surface area contributed by atoms with Gasteiger partial charge in [-0.3, -0.25) is 5.41 Å². The molecule has 0 aliphatic heterocycles. The molecule has 0 saturated heterocycles. The Morgan fingerprint density at radius 1 is 0.966 bits per heavy atom. The number of aromatic nitrogens is 2. The number of benzene rings is 2. The second-order valence-electron chi connectivity index (χ2n) is 7.04. The van der Waals surface area contributed by atoms with E-state index in [1.54, 1.807) is 6.20 Å². The summed E-state index contributed by atoms with van der Waals surface area (Å²) in [6.45, 7) is 0. The van der Waals surface area contributed by atoms with Crippen molar-refractivity contribution < 1.29 is 14.6 Å². The molecule has 0 spiro atoms. The van der Waals surface area contributed by atoms with Crippen LogP contribution in [0.5, 0.6) is 0 Å². The summed E-state index contributed by atoms with van der Waals surface area (Å²) in [5.41, 5.74) is 9.86. The van der Waals surface area contributed by atoms with E-state index in [4.69, 9.17) is 15.9 Å². The summed E-state index contributed by atoms with van der Waals surface area (Å²) in [6, 6.07) is 14.7. The minimum absolute atomic E-state index is 0.140. The summed E-state index contributed by atoms with van der Waals surface area (Å²) in [7, 11) is 0. The van der Waals surface area contributed by atoms with Crippen LogP contribution in [-0.2, 0) is 22.4 Å². The number of aliphatic carboxylic acids is 1. The van der Waals surface area contributed by atoms with Crippen LogP contribution < -0.4 is 5.73 Å². The molecular formula is C22H22N4O3. The van der Waals surface area contributed by atoms with Crippen molar-refractivity contribution >= 4 is 33.7 Å². The molecule has 2 aromatic heterocycles. The Labute approximate surface area is 167 Å². The van der Waals surface area contributed by atoms with Crippen molar-refractivity contribution in [2.75, 3.05) is 0 Å². The Morgan fingerprint density at radius 3 is 2.03 bits per heavy atom. The number of rotatable bonds is 7. The molecule has 4 aromatic rings. The molecule has 2 heterocycles. The van der Waals surface area contributed by atoms with Crippen LogP contribution in [0.3, 0.4) is 0 Å². The summed E-state index contributed by atoms with van der Waals surface area (Å²) in [5.74, 6) is -1.36. The summed E-state index contributed by atoms with van der Waals surface area (Å²) in [6.07, 6.45) is 2.97. The molecule has 2 aromatic carbocycles. The summed E-state index contributed by atoms with van der Waals surface area (Å²) in [4.78, 5) is 18.0. The molecule has 7 heteroatoms. The molecular weight excluding hydrogens is 368 g/mol. The van der Waals surface area contributed by atoms with E-state index >= 15 is 0 Å². The standard InChI is InChI=1S/C22H22N4O3/c23-17(9-13-11-25-18-7-3-1-5-15(13)18)21(24)29-20(22(27)28)10-14-12-26-19-8-4-2-6-16(14)19/h1-8,11-12,17,20,24-26H,9-10,23H2,(H,27,28)/t17-,20-/m0/s1. The summed E-state index contributed by atoms with van der Waals surface area (Å²) >= 11 is 0. The molecule has 7 nitrogen and oxygen atoms in total. The molecule has 0 fully saturated rings. The zero-order chi connectivity index (χ0) is 20.4. The Hall–Kier alpha value is -3.58. The largest absolute Gasteiger partial charge is 0.478 e. The maximum Gasteiger partial charge on any atom is 0.345 e. The third kappa shape index (κ3) is 3.86. The Bertz CT molecular complexity index is 1180. The number of ether oxygens (including phenoxy) is 1. The van der Waals surface area contributed by atoms with E-state index in [2.05, 4.69) is 9.97 Å². The van der Waals surface area contributed by atoms with Gasteiger partial charge in [-0.05, 0) is 29.7 Å². The van der Waals surface area contributed by atoms with Gasteiger partial charge in [0.25, 0.3) is 0 Å². The average molecular weight is 390 g/mol. The molecule has 4 rings (SSSR count). The predicted molar refractivity (Wildman–Crippen MR) is 112 cm³/mol. The zero-order valence-corrected chi connectivity index (χ0v) is 15.7. The third-order valence-corrected chi connectivity index (χ3v) is 5.08. The van der Waals surface area contributed by atoms with Gasteiger partial charge < -0.3 is 25.5 Å². The van der Waals surface area contributed by atoms with E-state index in [0.717, 1.165) is 32.9 Å². The van der Waals surface area contributed by atoms with E-state index in [1.165, 1.54) is 0 Å². The SMILES string of the molecule is N=C(O[C@@H](Cc1c[nH]c2ccccc12)C(=O)O)[C@@H](N)Cc1c[nH]c2ccccc12. The number of aromatic amines is 2. The Balaban J connectivity index is 1.46. The third-order valence-electron chi connectivity index (χ3n) is 5.08. The first-order chi connectivity index (χ1) is 14.0. The van der Waals surface area contributed by atoms with Gasteiger partial charge in [0.15, 0.2) is 5.90 Å². The number of nitrogens with one attached hydrogen (secondary N) is 3. The van der Waals surface area contributed by atoms with Crippen molar-refractivity contribution in [3.63, 3.8) is 0 Å². The number of H-pyrrole nitrogens is 2. The van der Waals surface area contributed by atoms with Gasteiger partial charge in [0.1, 0.15) is 0 Å². The van der Waals surface area contributed by atoms with Crippen molar-refractivity contribution in [1.29, 1.82) is 5.41 Å². The Kier molecular flexibility index (Phi) is 5.05. The van der Waals surface area contributed by atoms with Crippen molar-refractivity contribution in [3.8, 4) is 0 Å². The fraction of sp³-hybridized carbons (Fsp3) is 0.182. The lowest BCUT2D eigenvalue weighted by Crippen LogP contribution is -2.39. The van der Waals surface area contributed by atoms with Crippen LogP contribution in [0.2, 0.25) is 0 Å². The van der Waals surface area contributed by atoms with Gasteiger partial charge in [0.2, 0.25) is 6.10 Å². The zero-order valence-electron chi connectivity index (χ0n) is 15.7. The predicted octanol–water partition coefficient (Wildman–Crippen LogP) is 3.21. The van der Waals surface area contributed by atoms with Gasteiger partial charge in [0.05, 0.1) is 6.04 Å². The molecule has 0 bridgehead atoms. The van der Waals surface area contributed by atoms with E-state index in [-0.39, 0.29) is 12.3 Å². The van der Waals surface area contributed by atoms with E-state index in [9.17, 15) is 9.90 Å². The number of fused-ring (bicyclic) bond motifs is 2. The lowest BCUT2D eigenvalue weighted by atomic mass is 10.0. The number of nitrogens with two attached hydrogens (primary N) is 1. The first-order valence-corrected chi connectivity index (χ1v) is 9.36. The highest BCUT2D eigenvalue weighted by atomic mass is 16.5. The molecule has 0 saturated carbocycles. The van der Waals surface area contributed by atoms with Crippen LogP contribution in [0.1, 0.15) is 11.1 Å². The lowest BCUT2D eigenvalue weighted by molar-refractivity contribution is -0.145. The van der Waals surface area contributed by atoms with Crippen molar-refractivity contribution in [1.82, 2.24) is 9.97 Å².